The first kappa shape index (κ1) is 11.3. The van der Waals surface area contributed by atoms with Crippen molar-refractivity contribution in [3.63, 3.8) is 0 Å². The van der Waals surface area contributed by atoms with Crippen LogP contribution in [0.15, 0.2) is 11.8 Å². The van der Waals surface area contributed by atoms with Gasteiger partial charge in [-0.15, -0.1) is 0 Å². The number of hydrogen-bond acceptors (Lipinski definition) is 3. The molecule has 2 heterocycles. The van der Waals surface area contributed by atoms with Gasteiger partial charge in [-0.2, -0.15) is 11.8 Å². The molecular formula is C12H21NOS. The fourth-order valence-electron chi connectivity index (χ4n) is 2.05. The Morgan fingerprint density at radius 3 is 2.47 bits per heavy atom. The summed E-state index contributed by atoms with van der Waals surface area (Å²) >= 11 is 1.99. The molecule has 0 spiro atoms. The van der Waals surface area contributed by atoms with E-state index in [-0.39, 0.29) is 11.1 Å². The molecule has 0 radical (unpaired) electrons. The lowest BCUT2D eigenvalue weighted by molar-refractivity contribution is 0.0804. The Kier molecular flexibility index (Phi) is 2.59. The Morgan fingerprint density at radius 2 is 2.07 bits per heavy atom. The van der Waals surface area contributed by atoms with Gasteiger partial charge in [0.05, 0.1) is 5.54 Å². The van der Waals surface area contributed by atoms with Gasteiger partial charge < -0.3 is 4.74 Å². The van der Waals surface area contributed by atoms with Crippen molar-refractivity contribution in [1.29, 1.82) is 0 Å². The van der Waals surface area contributed by atoms with E-state index in [1.54, 1.807) is 0 Å². The van der Waals surface area contributed by atoms with Gasteiger partial charge in [0.1, 0.15) is 12.4 Å². The zero-order valence-electron chi connectivity index (χ0n) is 10.3. The highest BCUT2D eigenvalue weighted by molar-refractivity contribution is 8.06. The number of hydrogen-bond donors (Lipinski definition) is 0. The van der Waals surface area contributed by atoms with Crippen molar-refractivity contribution in [2.45, 2.75) is 44.0 Å². The largest absolute Gasteiger partial charge is 0.495 e. The van der Waals surface area contributed by atoms with Crippen LogP contribution < -0.4 is 0 Å². The van der Waals surface area contributed by atoms with Gasteiger partial charge in [0.25, 0.3) is 0 Å². The van der Waals surface area contributed by atoms with E-state index in [0.29, 0.717) is 0 Å². The third kappa shape index (κ3) is 2.04. The minimum Gasteiger partial charge on any atom is -0.495 e. The van der Waals surface area contributed by atoms with Gasteiger partial charge in [0.2, 0.25) is 0 Å². The summed E-state index contributed by atoms with van der Waals surface area (Å²) in [6.07, 6.45) is 2.26. The molecule has 2 nitrogen and oxygen atoms in total. The molecule has 0 N–H and O–H groups in total. The van der Waals surface area contributed by atoms with Gasteiger partial charge >= 0.3 is 0 Å². The molecule has 2 aliphatic heterocycles. The first-order valence-corrected chi connectivity index (χ1v) is 6.60. The van der Waals surface area contributed by atoms with Crippen LogP contribution in [-0.4, -0.2) is 40.6 Å². The number of likely N-dealkylation sites (N-methyl/N-ethyl adjacent to an activating group) is 1. The van der Waals surface area contributed by atoms with Gasteiger partial charge in [-0.1, -0.05) is 0 Å². The summed E-state index contributed by atoms with van der Waals surface area (Å²) in [5.74, 6) is 2.41. The first-order valence-electron chi connectivity index (χ1n) is 5.56. The molecule has 15 heavy (non-hydrogen) atoms. The van der Waals surface area contributed by atoms with Crippen molar-refractivity contribution >= 4 is 11.8 Å². The van der Waals surface area contributed by atoms with E-state index in [9.17, 15) is 0 Å². The smallest absolute Gasteiger partial charge is 0.114 e. The summed E-state index contributed by atoms with van der Waals surface area (Å²) in [7, 11) is 2.17. The topological polar surface area (TPSA) is 12.5 Å². The fraction of sp³-hybridized carbons (Fsp3) is 0.833. The first-order chi connectivity index (χ1) is 6.84. The van der Waals surface area contributed by atoms with E-state index < -0.39 is 0 Å². The summed E-state index contributed by atoms with van der Waals surface area (Å²) < 4.78 is 5.95. The molecule has 0 aromatic rings. The van der Waals surface area contributed by atoms with Crippen molar-refractivity contribution in [2.75, 3.05) is 19.4 Å². The molecule has 1 fully saturated rings. The number of thioether (sulfide) groups is 1. The molecule has 0 aromatic heterocycles. The van der Waals surface area contributed by atoms with Crippen molar-refractivity contribution in [3.05, 3.63) is 11.8 Å². The Labute approximate surface area is 97.0 Å². The van der Waals surface area contributed by atoms with Crippen LogP contribution in [0.3, 0.4) is 0 Å². The number of rotatable bonds is 3. The monoisotopic (exact) mass is 227 g/mol. The summed E-state index contributed by atoms with van der Waals surface area (Å²) in [6.45, 7) is 9.80. The molecule has 3 heteroatoms. The van der Waals surface area contributed by atoms with E-state index in [2.05, 4.69) is 45.7 Å². The lowest BCUT2D eigenvalue weighted by Gasteiger charge is -2.37. The Morgan fingerprint density at radius 1 is 1.47 bits per heavy atom. The van der Waals surface area contributed by atoms with Crippen LogP contribution in [0, 0.1) is 0 Å². The number of ether oxygens (including phenoxy) is 1. The predicted octanol–water partition coefficient (Wildman–Crippen LogP) is 2.50. The summed E-state index contributed by atoms with van der Waals surface area (Å²) in [5, 5.41) is 0.746. The van der Waals surface area contributed by atoms with Gasteiger partial charge in [0.15, 0.2) is 0 Å². The average molecular weight is 227 g/mol. The lowest BCUT2D eigenvalue weighted by atomic mass is 10.0. The highest BCUT2D eigenvalue weighted by Gasteiger charge is 2.44. The highest BCUT2D eigenvalue weighted by atomic mass is 32.2. The molecule has 0 amide bonds. The highest BCUT2D eigenvalue weighted by Crippen LogP contribution is 2.40. The second kappa shape index (κ2) is 3.42. The maximum Gasteiger partial charge on any atom is 0.114 e. The third-order valence-corrected chi connectivity index (χ3v) is 4.56. The molecule has 2 rings (SSSR count). The zero-order valence-corrected chi connectivity index (χ0v) is 11.1. The maximum absolute atomic E-state index is 5.95. The molecule has 0 saturated carbocycles. The molecule has 0 bridgehead atoms. The van der Waals surface area contributed by atoms with Gasteiger partial charge in [-0.25, -0.2) is 0 Å². The molecule has 2 aliphatic rings. The summed E-state index contributed by atoms with van der Waals surface area (Å²) in [5.41, 5.74) is 0.137. The van der Waals surface area contributed by atoms with Crippen LogP contribution >= 0.6 is 11.8 Å². The Bertz CT molecular complexity index is 292. The lowest BCUT2D eigenvalue weighted by Crippen LogP contribution is -2.47. The third-order valence-electron chi connectivity index (χ3n) is 3.62. The summed E-state index contributed by atoms with van der Waals surface area (Å²) in [6, 6.07) is 0. The molecule has 1 unspecified atom stereocenters. The minimum absolute atomic E-state index is 0.0308. The van der Waals surface area contributed by atoms with Crippen molar-refractivity contribution in [1.82, 2.24) is 4.90 Å². The summed E-state index contributed by atoms with van der Waals surface area (Å²) in [4.78, 5) is 2.37. The van der Waals surface area contributed by atoms with Crippen molar-refractivity contribution < 1.29 is 4.74 Å². The zero-order chi connectivity index (χ0) is 11.3. The molecule has 0 aliphatic carbocycles. The molecule has 1 saturated heterocycles. The van der Waals surface area contributed by atoms with E-state index in [1.807, 2.05) is 11.8 Å². The van der Waals surface area contributed by atoms with Crippen molar-refractivity contribution in [2.24, 2.45) is 0 Å². The Balaban J connectivity index is 2.07. The SMILES string of the molecule is CN1C(C)(C)C=C(OCC2CS2)C1(C)C. The van der Waals surface area contributed by atoms with Gasteiger partial charge in [0, 0.05) is 16.5 Å². The second-order valence-corrected chi connectivity index (χ2v) is 6.88. The molecule has 1 atom stereocenters. The van der Waals surface area contributed by atoms with Crippen LogP contribution in [0.25, 0.3) is 0 Å². The number of nitrogens with zero attached hydrogens (tertiary/aromatic N) is 1. The van der Waals surface area contributed by atoms with Crippen LogP contribution in [0.1, 0.15) is 27.7 Å². The van der Waals surface area contributed by atoms with E-state index in [1.165, 1.54) is 5.75 Å². The van der Waals surface area contributed by atoms with E-state index in [4.69, 9.17) is 4.74 Å². The van der Waals surface area contributed by atoms with Gasteiger partial charge in [-0.05, 0) is 40.8 Å². The minimum atomic E-state index is 0.0308. The maximum atomic E-state index is 5.95. The van der Waals surface area contributed by atoms with Gasteiger partial charge in [-0.3, -0.25) is 4.90 Å². The van der Waals surface area contributed by atoms with E-state index in [0.717, 1.165) is 17.6 Å². The van der Waals surface area contributed by atoms with Crippen LogP contribution in [0.2, 0.25) is 0 Å². The second-order valence-electron chi connectivity index (χ2n) is 5.55. The fourth-order valence-corrected chi connectivity index (χ4v) is 2.44. The Hall–Kier alpha value is -0.150. The standard InChI is InChI=1S/C12H21NOS/c1-11(2)6-10(12(3,4)13(11)5)14-7-9-8-15-9/h6,9H,7-8H2,1-5H3. The molecular weight excluding hydrogens is 206 g/mol. The normalized spacial score (nSPS) is 32.6. The average Bonchev–Trinajstić information content (AvgIpc) is 2.91. The van der Waals surface area contributed by atoms with Crippen LogP contribution in [0.5, 0.6) is 0 Å². The van der Waals surface area contributed by atoms with Crippen LogP contribution in [-0.2, 0) is 4.74 Å². The molecule has 0 aromatic carbocycles. The van der Waals surface area contributed by atoms with Crippen molar-refractivity contribution in [3.8, 4) is 0 Å². The predicted molar refractivity (Wildman–Crippen MR) is 66.2 cm³/mol. The quantitative estimate of drug-likeness (QED) is 0.687. The van der Waals surface area contributed by atoms with E-state index >= 15 is 0 Å². The van der Waals surface area contributed by atoms with Crippen LogP contribution in [0.4, 0.5) is 0 Å². The molecule has 86 valence electrons.